The predicted molar refractivity (Wildman–Crippen MR) is 93.7 cm³/mol. The van der Waals surface area contributed by atoms with Crippen molar-refractivity contribution in [2.75, 3.05) is 13.7 Å². The minimum Gasteiger partial charge on any atom is -0.496 e. The number of carbonyl (C=O) groups excluding carboxylic acids is 2. The van der Waals surface area contributed by atoms with Crippen LogP contribution in [0.2, 0.25) is 0 Å². The van der Waals surface area contributed by atoms with E-state index in [0.717, 1.165) is 17.3 Å². The second-order valence-electron chi connectivity index (χ2n) is 5.45. The van der Waals surface area contributed by atoms with Gasteiger partial charge in [0, 0.05) is 15.7 Å². The maximum absolute atomic E-state index is 12.5. The van der Waals surface area contributed by atoms with E-state index in [0.29, 0.717) is 29.2 Å². The molecule has 2 rings (SSSR count). The highest BCUT2D eigenvalue weighted by atomic mass is 79.9. The zero-order chi connectivity index (χ0) is 17.7. The largest absolute Gasteiger partial charge is 0.496 e. The third-order valence-electron chi connectivity index (χ3n) is 3.72. The number of unbranched alkanes of at least 4 members (excludes halogenated alkanes) is 1. The number of rotatable bonds is 6. The van der Waals surface area contributed by atoms with Gasteiger partial charge in [0.05, 0.1) is 25.3 Å². The summed E-state index contributed by atoms with van der Waals surface area (Å²) in [5.74, 6) is 0.137. The monoisotopic (exact) mass is 396 g/mol. The molecule has 0 aliphatic carbocycles. The number of hydrogen-bond donors (Lipinski definition) is 2. The fourth-order valence-electron chi connectivity index (χ4n) is 2.52. The van der Waals surface area contributed by atoms with Gasteiger partial charge >= 0.3 is 12.0 Å². The van der Waals surface area contributed by atoms with Gasteiger partial charge in [0.1, 0.15) is 5.75 Å². The molecule has 6 nitrogen and oxygen atoms in total. The van der Waals surface area contributed by atoms with E-state index in [1.807, 2.05) is 19.1 Å². The Labute approximate surface area is 149 Å². The first-order valence-electron chi connectivity index (χ1n) is 7.76. The van der Waals surface area contributed by atoms with Crippen LogP contribution in [0.5, 0.6) is 5.75 Å². The molecule has 1 aromatic carbocycles. The maximum Gasteiger partial charge on any atom is 0.338 e. The van der Waals surface area contributed by atoms with Crippen LogP contribution >= 0.6 is 15.9 Å². The molecular weight excluding hydrogens is 376 g/mol. The average Bonchev–Trinajstić information content (AvgIpc) is 2.54. The highest BCUT2D eigenvalue weighted by molar-refractivity contribution is 9.10. The lowest BCUT2D eigenvalue weighted by Crippen LogP contribution is -2.45. The molecule has 24 heavy (non-hydrogen) atoms. The second-order valence-corrected chi connectivity index (χ2v) is 6.36. The topological polar surface area (TPSA) is 76.7 Å². The lowest BCUT2D eigenvalue weighted by molar-refractivity contribution is -0.139. The van der Waals surface area contributed by atoms with Crippen molar-refractivity contribution in [3.63, 3.8) is 0 Å². The van der Waals surface area contributed by atoms with Crippen molar-refractivity contribution in [1.29, 1.82) is 0 Å². The molecule has 2 amide bonds. The van der Waals surface area contributed by atoms with E-state index in [2.05, 4.69) is 26.6 Å². The molecule has 130 valence electrons. The van der Waals surface area contributed by atoms with Crippen LogP contribution in [0.15, 0.2) is 33.9 Å². The molecule has 1 aliphatic heterocycles. The molecule has 1 atom stereocenters. The number of carbonyl (C=O) groups is 2. The Kier molecular flexibility index (Phi) is 6.25. The van der Waals surface area contributed by atoms with Gasteiger partial charge in [-0.2, -0.15) is 0 Å². The number of esters is 1. The van der Waals surface area contributed by atoms with Crippen molar-refractivity contribution >= 4 is 27.9 Å². The van der Waals surface area contributed by atoms with Crippen molar-refractivity contribution in [3.05, 3.63) is 39.5 Å². The van der Waals surface area contributed by atoms with E-state index < -0.39 is 12.0 Å². The fourth-order valence-corrected chi connectivity index (χ4v) is 2.89. The van der Waals surface area contributed by atoms with Crippen molar-refractivity contribution < 1.29 is 19.1 Å². The van der Waals surface area contributed by atoms with Gasteiger partial charge in [-0.05, 0) is 31.5 Å². The van der Waals surface area contributed by atoms with E-state index in [4.69, 9.17) is 9.47 Å². The second kappa shape index (κ2) is 8.19. The van der Waals surface area contributed by atoms with Crippen LogP contribution in [0.3, 0.4) is 0 Å². The van der Waals surface area contributed by atoms with Crippen LogP contribution in [-0.4, -0.2) is 25.7 Å². The Morgan fingerprint density at radius 1 is 1.38 bits per heavy atom. The summed E-state index contributed by atoms with van der Waals surface area (Å²) in [4.78, 5) is 24.4. The van der Waals surface area contributed by atoms with Crippen molar-refractivity contribution in [3.8, 4) is 5.75 Å². The highest BCUT2D eigenvalue weighted by Gasteiger charge is 2.34. The molecule has 0 bridgehead atoms. The maximum atomic E-state index is 12.5. The summed E-state index contributed by atoms with van der Waals surface area (Å²) < 4.78 is 11.5. The molecule has 2 N–H and O–H groups in total. The first kappa shape index (κ1) is 18.3. The molecule has 0 spiro atoms. The first-order valence-corrected chi connectivity index (χ1v) is 8.56. The van der Waals surface area contributed by atoms with E-state index in [9.17, 15) is 9.59 Å². The zero-order valence-corrected chi connectivity index (χ0v) is 15.5. The number of nitrogens with one attached hydrogen (secondary N) is 2. The molecule has 0 aromatic heterocycles. The van der Waals surface area contributed by atoms with Crippen molar-refractivity contribution in [2.45, 2.75) is 32.7 Å². The van der Waals surface area contributed by atoms with E-state index in [-0.39, 0.29) is 6.03 Å². The summed E-state index contributed by atoms with van der Waals surface area (Å²) in [5, 5.41) is 5.41. The summed E-state index contributed by atoms with van der Waals surface area (Å²) in [6.45, 7) is 4.06. The summed E-state index contributed by atoms with van der Waals surface area (Å²) in [5.41, 5.74) is 1.54. The zero-order valence-electron chi connectivity index (χ0n) is 13.9. The van der Waals surface area contributed by atoms with Gasteiger partial charge in [-0.3, -0.25) is 0 Å². The Morgan fingerprint density at radius 3 is 2.79 bits per heavy atom. The molecule has 1 aromatic rings. The molecule has 0 radical (unpaired) electrons. The van der Waals surface area contributed by atoms with Gasteiger partial charge in [-0.25, -0.2) is 9.59 Å². The van der Waals surface area contributed by atoms with Gasteiger partial charge in [-0.15, -0.1) is 0 Å². The van der Waals surface area contributed by atoms with Crippen LogP contribution < -0.4 is 15.4 Å². The summed E-state index contributed by atoms with van der Waals surface area (Å²) in [7, 11) is 1.55. The highest BCUT2D eigenvalue weighted by Crippen LogP contribution is 2.35. The molecule has 7 heteroatoms. The van der Waals surface area contributed by atoms with Crippen LogP contribution in [0.4, 0.5) is 4.79 Å². The minimum absolute atomic E-state index is 0.350. The molecule has 0 saturated carbocycles. The normalized spacial score (nSPS) is 17.2. The number of hydrogen-bond acceptors (Lipinski definition) is 4. The van der Waals surface area contributed by atoms with Gasteiger partial charge in [0.2, 0.25) is 0 Å². The molecule has 0 saturated heterocycles. The lowest BCUT2D eigenvalue weighted by Gasteiger charge is -2.29. The summed E-state index contributed by atoms with van der Waals surface area (Å²) in [6.07, 6.45) is 1.73. The van der Waals surface area contributed by atoms with E-state index in [1.165, 1.54) is 0 Å². The number of benzene rings is 1. The molecule has 0 fully saturated rings. The molecule has 1 heterocycles. The van der Waals surface area contributed by atoms with Crippen LogP contribution in [-0.2, 0) is 9.53 Å². The fraction of sp³-hybridized carbons (Fsp3) is 0.412. The van der Waals surface area contributed by atoms with Crippen molar-refractivity contribution in [2.24, 2.45) is 0 Å². The first-order chi connectivity index (χ1) is 11.5. The number of halogens is 1. The molecule has 1 unspecified atom stereocenters. The Morgan fingerprint density at radius 2 is 2.12 bits per heavy atom. The van der Waals surface area contributed by atoms with Gasteiger partial charge in [0.15, 0.2) is 0 Å². The van der Waals surface area contributed by atoms with Gasteiger partial charge in [0.25, 0.3) is 0 Å². The standard InChI is InChI=1S/C17H21BrN2O4/c1-4-5-8-24-16(21)14-10(2)19-17(22)20-15(14)12-9-11(18)6-7-13(12)23-3/h6-7,9,15H,4-5,8H2,1-3H3,(H2,19,20,22). The minimum atomic E-state index is -0.639. The van der Waals surface area contributed by atoms with Gasteiger partial charge < -0.3 is 20.1 Å². The van der Waals surface area contributed by atoms with E-state index in [1.54, 1.807) is 20.1 Å². The third-order valence-corrected chi connectivity index (χ3v) is 4.22. The van der Waals surface area contributed by atoms with E-state index >= 15 is 0 Å². The SMILES string of the molecule is CCCCOC(=O)C1=C(C)NC(=O)NC1c1cc(Br)ccc1OC. The van der Waals surface area contributed by atoms with Crippen LogP contribution in [0, 0.1) is 0 Å². The van der Waals surface area contributed by atoms with Crippen LogP contribution in [0.1, 0.15) is 38.3 Å². The lowest BCUT2D eigenvalue weighted by atomic mass is 9.95. The molecule has 1 aliphatic rings. The molecular formula is C17H21BrN2O4. The quantitative estimate of drug-likeness (QED) is 0.570. The number of amides is 2. The van der Waals surface area contributed by atoms with Crippen molar-refractivity contribution in [1.82, 2.24) is 10.6 Å². The third kappa shape index (κ3) is 4.08. The Bertz CT molecular complexity index is 673. The summed E-state index contributed by atoms with van der Waals surface area (Å²) >= 11 is 3.41. The average molecular weight is 397 g/mol. The Hall–Kier alpha value is -2.02. The van der Waals surface area contributed by atoms with Crippen LogP contribution in [0.25, 0.3) is 0 Å². The number of urea groups is 1. The summed E-state index contributed by atoms with van der Waals surface area (Å²) in [6, 6.07) is 4.43. The number of ether oxygens (including phenoxy) is 2. The van der Waals surface area contributed by atoms with Gasteiger partial charge in [-0.1, -0.05) is 29.3 Å². The Balaban J connectivity index is 2.41. The number of methoxy groups -OCH3 is 1. The predicted octanol–water partition coefficient (Wildman–Crippen LogP) is 3.43. The smallest absolute Gasteiger partial charge is 0.338 e. The number of allylic oxidation sites excluding steroid dienone is 1.